The Morgan fingerprint density at radius 3 is 2.59 bits per heavy atom. The first-order chi connectivity index (χ1) is 7.91. The largest absolute Gasteiger partial charge is 0.483 e. The summed E-state index contributed by atoms with van der Waals surface area (Å²) < 4.78 is 5.23. The van der Waals surface area contributed by atoms with E-state index in [2.05, 4.69) is 0 Å². The highest BCUT2D eigenvalue weighted by Gasteiger charge is 2.12. The SMILES string of the molecule is CN(C)C(=O)COc1ccc(Cl)cc1C(N)=O. The fourth-order valence-electron chi connectivity index (χ4n) is 1.09. The molecule has 0 aliphatic heterocycles. The number of likely N-dealkylation sites (N-methyl/N-ethyl adjacent to an activating group) is 1. The van der Waals surface area contributed by atoms with Crippen LogP contribution in [0.4, 0.5) is 0 Å². The first-order valence-corrected chi connectivity index (χ1v) is 5.22. The van der Waals surface area contributed by atoms with Gasteiger partial charge < -0.3 is 15.4 Å². The van der Waals surface area contributed by atoms with Gasteiger partial charge in [-0.15, -0.1) is 0 Å². The number of benzene rings is 1. The molecule has 17 heavy (non-hydrogen) atoms. The van der Waals surface area contributed by atoms with Gasteiger partial charge in [0.1, 0.15) is 5.75 Å². The molecule has 1 rings (SSSR count). The van der Waals surface area contributed by atoms with E-state index in [0.717, 1.165) is 0 Å². The smallest absolute Gasteiger partial charge is 0.259 e. The number of primary amides is 1. The Labute approximate surface area is 104 Å². The molecule has 1 aromatic rings. The number of halogens is 1. The van der Waals surface area contributed by atoms with E-state index in [0.29, 0.717) is 5.02 Å². The molecule has 1 aromatic carbocycles. The summed E-state index contributed by atoms with van der Waals surface area (Å²) in [5.41, 5.74) is 5.33. The molecule has 6 heteroatoms. The summed E-state index contributed by atoms with van der Waals surface area (Å²) in [6.45, 7) is -0.158. The van der Waals surface area contributed by atoms with Crippen molar-refractivity contribution in [2.24, 2.45) is 5.73 Å². The molecule has 0 saturated carbocycles. The Kier molecular flexibility index (Phi) is 4.34. The van der Waals surface area contributed by atoms with Gasteiger partial charge in [-0.05, 0) is 18.2 Å². The molecule has 0 aliphatic carbocycles. The Morgan fingerprint density at radius 2 is 2.06 bits per heavy atom. The number of carbonyl (C=O) groups is 2. The number of rotatable bonds is 4. The molecule has 92 valence electrons. The normalized spacial score (nSPS) is 9.82. The molecule has 0 atom stereocenters. The standard InChI is InChI=1S/C11H13ClN2O3/c1-14(2)10(15)6-17-9-4-3-7(12)5-8(9)11(13)16/h3-5H,6H2,1-2H3,(H2,13,16). The van der Waals surface area contributed by atoms with E-state index in [1.807, 2.05) is 0 Å². The highest BCUT2D eigenvalue weighted by atomic mass is 35.5. The first kappa shape index (κ1) is 13.3. The number of ether oxygens (including phenoxy) is 1. The van der Waals surface area contributed by atoms with Crippen molar-refractivity contribution in [1.29, 1.82) is 0 Å². The van der Waals surface area contributed by atoms with Gasteiger partial charge in [-0.1, -0.05) is 11.6 Å². The Hall–Kier alpha value is -1.75. The molecule has 2 amide bonds. The molecule has 0 spiro atoms. The van der Waals surface area contributed by atoms with E-state index >= 15 is 0 Å². The van der Waals surface area contributed by atoms with Crippen molar-refractivity contribution in [3.05, 3.63) is 28.8 Å². The minimum atomic E-state index is -0.653. The van der Waals surface area contributed by atoms with E-state index in [4.69, 9.17) is 22.1 Å². The maximum Gasteiger partial charge on any atom is 0.259 e. The molecule has 0 radical (unpaired) electrons. The third kappa shape index (κ3) is 3.64. The van der Waals surface area contributed by atoms with Crippen molar-refractivity contribution in [1.82, 2.24) is 4.90 Å². The molecule has 0 heterocycles. The molecule has 0 saturated heterocycles. The van der Waals surface area contributed by atoms with E-state index in [1.165, 1.54) is 17.0 Å². The quantitative estimate of drug-likeness (QED) is 0.870. The zero-order valence-corrected chi connectivity index (χ0v) is 10.3. The van der Waals surface area contributed by atoms with Gasteiger partial charge in [-0.3, -0.25) is 9.59 Å². The highest BCUT2D eigenvalue weighted by molar-refractivity contribution is 6.31. The fourth-order valence-corrected chi connectivity index (χ4v) is 1.26. The molecule has 0 bridgehead atoms. The van der Waals surface area contributed by atoms with Gasteiger partial charge in [-0.25, -0.2) is 0 Å². The predicted molar refractivity (Wildman–Crippen MR) is 64.2 cm³/mol. The Bertz CT molecular complexity index is 446. The number of amides is 2. The van der Waals surface area contributed by atoms with Gasteiger partial charge in [0.15, 0.2) is 6.61 Å². The summed E-state index contributed by atoms with van der Waals surface area (Å²) in [5.74, 6) is -0.618. The highest BCUT2D eigenvalue weighted by Crippen LogP contribution is 2.22. The van der Waals surface area contributed by atoms with Crippen molar-refractivity contribution >= 4 is 23.4 Å². The second-order valence-electron chi connectivity index (χ2n) is 3.58. The molecule has 5 nitrogen and oxygen atoms in total. The summed E-state index contributed by atoms with van der Waals surface area (Å²) in [5, 5.41) is 0.380. The minimum Gasteiger partial charge on any atom is -0.483 e. The summed E-state index contributed by atoms with van der Waals surface area (Å²) in [7, 11) is 3.23. The fraction of sp³-hybridized carbons (Fsp3) is 0.273. The average molecular weight is 257 g/mol. The van der Waals surface area contributed by atoms with Crippen molar-refractivity contribution in [2.75, 3.05) is 20.7 Å². The van der Waals surface area contributed by atoms with Crippen LogP contribution in [0.3, 0.4) is 0 Å². The van der Waals surface area contributed by atoms with Crippen LogP contribution in [0.5, 0.6) is 5.75 Å². The maximum atomic E-state index is 11.3. The van der Waals surface area contributed by atoms with Crippen molar-refractivity contribution in [3.63, 3.8) is 0 Å². The molecule has 2 N–H and O–H groups in total. The van der Waals surface area contributed by atoms with Crippen LogP contribution in [-0.2, 0) is 4.79 Å². The lowest BCUT2D eigenvalue weighted by Crippen LogP contribution is -2.28. The second-order valence-corrected chi connectivity index (χ2v) is 4.02. The van der Waals surface area contributed by atoms with Gasteiger partial charge in [0.2, 0.25) is 0 Å². The van der Waals surface area contributed by atoms with Gasteiger partial charge in [-0.2, -0.15) is 0 Å². The third-order valence-electron chi connectivity index (χ3n) is 2.06. The van der Waals surface area contributed by atoms with E-state index in [9.17, 15) is 9.59 Å². The predicted octanol–water partition coefficient (Wildman–Crippen LogP) is 0.906. The molecule has 0 fully saturated rings. The number of hydrogen-bond donors (Lipinski definition) is 1. The lowest BCUT2D eigenvalue weighted by Gasteiger charge is -2.13. The Morgan fingerprint density at radius 1 is 1.41 bits per heavy atom. The van der Waals surface area contributed by atoms with Crippen LogP contribution < -0.4 is 10.5 Å². The molecular weight excluding hydrogens is 244 g/mol. The number of hydrogen-bond acceptors (Lipinski definition) is 3. The molecule has 0 aliphatic rings. The summed E-state index contributed by atoms with van der Waals surface area (Å²) in [6, 6.07) is 4.47. The topological polar surface area (TPSA) is 72.6 Å². The van der Waals surface area contributed by atoms with Crippen molar-refractivity contribution < 1.29 is 14.3 Å². The van der Waals surface area contributed by atoms with Crippen LogP contribution in [0.2, 0.25) is 5.02 Å². The van der Waals surface area contributed by atoms with Gasteiger partial charge in [0.05, 0.1) is 5.56 Å². The van der Waals surface area contributed by atoms with Gasteiger partial charge >= 0.3 is 0 Å². The second kappa shape index (κ2) is 5.54. The number of carbonyl (C=O) groups excluding carboxylic acids is 2. The van der Waals surface area contributed by atoms with Crippen LogP contribution in [0.1, 0.15) is 10.4 Å². The lowest BCUT2D eigenvalue weighted by molar-refractivity contribution is -0.130. The van der Waals surface area contributed by atoms with Crippen molar-refractivity contribution in [3.8, 4) is 5.75 Å². The van der Waals surface area contributed by atoms with Gasteiger partial charge in [0.25, 0.3) is 11.8 Å². The molecule has 0 aromatic heterocycles. The van der Waals surface area contributed by atoms with Crippen LogP contribution in [0.25, 0.3) is 0 Å². The maximum absolute atomic E-state index is 11.3. The first-order valence-electron chi connectivity index (χ1n) is 4.84. The van der Waals surface area contributed by atoms with Crippen LogP contribution in [0, 0.1) is 0 Å². The van der Waals surface area contributed by atoms with E-state index in [-0.39, 0.29) is 23.8 Å². The molecule has 0 unspecified atom stereocenters. The monoisotopic (exact) mass is 256 g/mol. The zero-order valence-electron chi connectivity index (χ0n) is 9.57. The third-order valence-corrected chi connectivity index (χ3v) is 2.29. The van der Waals surface area contributed by atoms with Gasteiger partial charge in [0, 0.05) is 19.1 Å². The lowest BCUT2D eigenvalue weighted by atomic mass is 10.2. The summed E-state index contributed by atoms with van der Waals surface area (Å²) in [4.78, 5) is 23.9. The van der Waals surface area contributed by atoms with Crippen LogP contribution in [-0.4, -0.2) is 37.4 Å². The van der Waals surface area contributed by atoms with Crippen LogP contribution in [0.15, 0.2) is 18.2 Å². The number of nitrogens with two attached hydrogens (primary N) is 1. The molecular formula is C11H13ClN2O3. The summed E-state index contributed by atoms with van der Waals surface area (Å²) >= 11 is 5.74. The van der Waals surface area contributed by atoms with E-state index < -0.39 is 5.91 Å². The zero-order chi connectivity index (χ0) is 13.0. The average Bonchev–Trinajstić information content (AvgIpc) is 2.26. The van der Waals surface area contributed by atoms with Crippen molar-refractivity contribution in [2.45, 2.75) is 0 Å². The minimum absolute atomic E-state index is 0.157. The van der Waals surface area contributed by atoms with E-state index in [1.54, 1.807) is 20.2 Å². The van der Waals surface area contributed by atoms with Crippen LogP contribution >= 0.6 is 11.6 Å². The summed E-state index contributed by atoms with van der Waals surface area (Å²) in [6.07, 6.45) is 0. The number of nitrogens with zero attached hydrogens (tertiary/aromatic N) is 1. The Balaban J connectivity index is 2.84.